The fourth-order valence-corrected chi connectivity index (χ4v) is 2.08. The molecule has 0 aliphatic rings. The van der Waals surface area contributed by atoms with E-state index < -0.39 is 17.3 Å². The molecular weight excluding hydrogens is 252 g/mol. The Hall–Kier alpha value is -1.87. The van der Waals surface area contributed by atoms with Crippen LogP contribution in [0, 0.1) is 23.7 Å². The van der Waals surface area contributed by atoms with Crippen LogP contribution in [0.5, 0.6) is 0 Å². The van der Waals surface area contributed by atoms with Gasteiger partial charge < -0.3 is 10.1 Å². The Bertz CT molecular complexity index is 526. The fourth-order valence-electron chi connectivity index (χ4n) is 1.16. The van der Waals surface area contributed by atoms with Gasteiger partial charge in [-0.3, -0.25) is 4.79 Å². The number of thiophene rings is 1. The maximum atomic E-state index is 11.9. The second kappa shape index (κ2) is 5.19. The summed E-state index contributed by atoms with van der Waals surface area (Å²) < 4.78 is 4.64. The smallest absolute Gasteiger partial charge is 0.350 e. The summed E-state index contributed by atoms with van der Waals surface area (Å²) in [5.41, 5.74) is 0.0320. The van der Waals surface area contributed by atoms with Gasteiger partial charge in [0.2, 0.25) is 5.91 Å². The minimum atomic E-state index is -1.15. The molecule has 0 radical (unpaired) electrons. The molecule has 1 aromatic rings. The van der Waals surface area contributed by atoms with Gasteiger partial charge in [-0.2, -0.15) is 5.26 Å². The quantitative estimate of drug-likeness (QED) is 0.851. The lowest BCUT2D eigenvalue weighted by Gasteiger charge is -2.15. The van der Waals surface area contributed by atoms with E-state index in [1.165, 1.54) is 32.3 Å². The number of ether oxygens (including phenoxy) is 1. The van der Waals surface area contributed by atoms with E-state index in [9.17, 15) is 9.59 Å². The van der Waals surface area contributed by atoms with Gasteiger partial charge >= 0.3 is 5.97 Å². The molecule has 0 saturated heterocycles. The number of nitrogens with zero attached hydrogens (tertiary/aromatic N) is 1. The lowest BCUT2D eigenvalue weighted by molar-refractivity contribution is -0.121. The normalized spacial score (nSPS) is 10.6. The maximum absolute atomic E-state index is 11.9. The topological polar surface area (TPSA) is 79.2 Å². The van der Waals surface area contributed by atoms with Gasteiger partial charge in [0.05, 0.1) is 18.9 Å². The molecule has 0 fully saturated rings. The molecule has 0 bridgehead atoms. The molecule has 96 valence electrons. The Morgan fingerprint density at radius 2 is 2.11 bits per heavy atom. The Labute approximate surface area is 109 Å². The van der Waals surface area contributed by atoms with Crippen molar-refractivity contribution in [2.24, 2.45) is 5.41 Å². The first kappa shape index (κ1) is 14.2. The highest BCUT2D eigenvalue weighted by Gasteiger charge is 2.29. The number of amides is 1. The molecular formula is C12H14N2O3S. The van der Waals surface area contributed by atoms with Gasteiger partial charge in [0.15, 0.2) is 0 Å². The molecule has 0 aliphatic heterocycles. The SMILES string of the molecule is COC(=O)c1scc(C)c1NC(=O)C(C)(C)C#N. The highest BCUT2D eigenvalue weighted by molar-refractivity contribution is 7.12. The second-order valence-corrected chi connectivity index (χ2v) is 5.19. The highest BCUT2D eigenvalue weighted by Crippen LogP contribution is 2.29. The van der Waals surface area contributed by atoms with Crippen molar-refractivity contribution in [1.29, 1.82) is 5.26 Å². The predicted octanol–water partition coefficient (Wildman–Crippen LogP) is 2.33. The van der Waals surface area contributed by atoms with Gasteiger partial charge in [-0.1, -0.05) is 0 Å². The van der Waals surface area contributed by atoms with Crippen molar-refractivity contribution < 1.29 is 14.3 Å². The molecule has 0 aliphatic carbocycles. The molecule has 1 N–H and O–H groups in total. The summed E-state index contributed by atoms with van der Waals surface area (Å²) in [5, 5.41) is 13.3. The summed E-state index contributed by atoms with van der Waals surface area (Å²) in [4.78, 5) is 23.7. The average Bonchev–Trinajstić information content (AvgIpc) is 2.70. The molecule has 0 spiro atoms. The summed E-state index contributed by atoms with van der Waals surface area (Å²) in [7, 11) is 1.28. The van der Waals surface area contributed by atoms with Gasteiger partial charge in [0.25, 0.3) is 0 Å². The van der Waals surface area contributed by atoms with Crippen molar-refractivity contribution >= 4 is 28.9 Å². The summed E-state index contributed by atoms with van der Waals surface area (Å²) in [6.45, 7) is 4.81. The van der Waals surface area contributed by atoms with Crippen molar-refractivity contribution in [2.45, 2.75) is 20.8 Å². The van der Waals surface area contributed by atoms with E-state index in [4.69, 9.17) is 5.26 Å². The van der Waals surface area contributed by atoms with Crippen LogP contribution in [0.3, 0.4) is 0 Å². The maximum Gasteiger partial charge on any atom is 0.350 e. The zero-order valence-electron chi connectivity index (χ0n) is 10.7. The number of nitriles is 1. The fraction of sp³-hybridized carbons (Fsp3) is 0.417. The number of aryl methyl sites for hydroxylation is 1. The Kier molecular flexibility index (Phi) is 4.09. The third-order valence-corrected chi connectivity index (χ3v) is 3.51. The zero-order valence-corrected chi connectivity index (χ0v) is 11.5. The van der Waals surface area contributed by atoms with Gasteiger partial charge in [-0.25, -0.2) is 4.79 Å². The first-order chi connectivity index (χ1) is 8.33. The minimum absolute atomic E-state index is 0.331. The number of anilines is 1. The predicted molar refractivity (Wildman–Crippen MR) is 68.4 cm³/mol. The van der Waals surface area contributed by atoms with Crippen LogP contribution >= 0.6 is 11.3 Å². The monoisotopic (exact) mass is 266 g/mol. The molecule has 0 unspecified atom stereocenters. The van der Waals surface area contributed by atoms with Gasteiger partial charge in [-0.15, -0.1) is 11.3 Å². The van der Waals surface area contributed by atoms with Gasteiger partial charge in [0, 0.05) is 0 Å². The Morgan fingerprint density at radius 3 is 2.61 bits per heavy atom. The molecule has 0 saturated carbocycles. The number of carbonyl (C=O) groups excluding carboxylic acids is 2. The molecule has 18 heavy (non-hydrogen) atoms. The standard InChI is InChI=1S/C12H14N2O3S/c1-7-5-18-9(10(15)17-4)8(7)14-11(16)12(2,3)6-13/h5H,1-4H3,(H,14,16). The minimum Gasteiger partial charge on any atom is -0.465 e. The number of hydrogen-bond acceptors (Lipinski definition) is 5. The van der Waals surface area contributed by atoms with E-state index in [1.54, 1.807) is 12.3 Å². The van der Waals surface area contributed by atoms with Crippen molar-refractivity contribution in [2.75, 3.05) is 12.4 Å². The largest absolute Gasteiger partial charge is 0.465 e. The zero-order chi connectivity index (χ0) is 13.9. The van der Waals surface area contributed by atoms with E-state index in [0.29, 0.717) is 10.6 Å². The molecule has 1 aromatic heterocycles. The summed E-state index contributed by atoms with van der Waals surface area (Å²) in [6, 6.07) is 1.91. The lowest BCUT2D eigenvalue weighted by Crippen LogP contribution is -2.29. The Balaban J connectivity index is 3.06. The van der Waals surface area contributed by atoms with Crippen LogP contribution < -0.4 is 5.32 Å². The molecule has 1 rings (SSSR count). The van der Waals surface area contributed by atoms with Crippen LogP contribution in [-0.4, -0.2) is 19.0 Å². The third kappa shape index (κ3) is 2.68. The Morgan fingerprint density at radius 1 is 1.50 bits per heavy atom. The second-order valence-electron chi connectivity index (χ2n) is 4.31. The molecule has 0 atom stereocenters. The molecule has 1 heterocycles. The van der Waals surface area contributed by atoms with Crippen LogP contribution in [0.1, 0.15) is 29.1 Å². The first-order valence-electron chi connectivity index (χ1n) is 5.22. The van der Waals surface area contributed by atoms with Crippen LogP contribution in [-0.2, 0) is 9.53 Å². The van der Waals surface area contributed by atoms with E-state index in [0.717, 1.165) is 5.56 Å². The van der Waals surface area contributed by atoms with E-state index in [2.05, 4.69) is 10.1 Å². The van der Waals surface area contributed by atoms with Crippen LogP contribution in [0.2, 0.25) is 0 Å². The summed E-state index contributed by atoms with van der Waals surface area (Å²) in [5.74, 6) is -0.949. The molecule has 5 nitrogen and oxygen atoms in total. The summed E-state index contributed by atoms with van der Waals surface area (Å²) in [6.07, 6.45) is 0. The van der Waals surface area contributed by atoms with Crippen molar-refractivity contribution in [3.63, 3.8) is 0 Å². The lowest BCUT2D eigenvalue weighted by atomic mass is 9.94. The number of nitrogens with one attached hydrogen (secondary N) is 1. The van der Waals surface area contributed by atoms with E-state index in [1.807, 2.05) is 6.07 Å². The van der Waals surface area contributed by atoms with Gasteiger partial charge in [0.1, 0.15) is 10.3 Å². The van der Waals surface area contributed by atoms with E-state index >= 15 is 0 Å². The number of esters is 1. The van der Waals surface area contributed by atoms with Crippen LogP contribution in [0.15, 0.2) is 5.38 Å². The molecule has 1 amide bonds. The average molecular weight is 266 g/mol. The van der Waals surface area contributed by atoms with Crippen molar-refractivity contribution in [3.8, 4) is 6.07 Å². The van der Waals surface area contributed by atoms with Crippen LogP contribution in [0.4, 0.5) is 5.69 Å². The summed E-state index contributed by atoms with van der Waals surface area (Å²) >= 11 is 1.20. The highest BCUT2D eigenvalue weighted by atomic mass is 32.1. The number of rotatable bonds is 3. The third-order valence-electron chi connectivity index (χ3n) is 2.43. The van der Waals surface area contributed by atoms with Crippen molar-refractivity contribution in [1.82, 2.24) is 0 Å². The number of hydrogen-bond donors (Lipinski definition) is 1. The van der Waals surface area contributed by atoms with Crippen molar-refractivity contribution in [3.05, 3.63) is 15.8 Å². The van der Waals surface area contributed by atoms with Crippen LogP contribution in [0.25, 0.3) is 0 Å². The first-order valence-corrected chi connectivity index (χ1v) is 6.10. The number of methoxy groups -OCH3 is 1. The van der Waals surface area contributed by atoms with Gasteiger partial charge in [-0.05, 0) is 31.7 Å². The number of carbonyl (C=O) groups is 2. The molecule has 6 heteroatoms. The van der Waals surface area contributed by atoms with E-state index in [-0.39, 0.29) is 0 Å². The molecule has 0 aromatic carbocycles.